The molecule has 3 N–H and O–H groups in total. The number of aliphatic hydroxyl groups is 2. The highest BCUT2D eigenvalue weighted by atomic mass is 127. The number of hydrogen-bond acceptors (Lipinski definition) is 4. The number of ether oxygens (including phenoxy) is 1. The molecule has 88 valence electrons. The first-order valence-corrected chi connectivity index (χ1v) is 5.94. The number of aliphatic carboxylic acids is 1. The predicted molar refractivity (Wildman–Crippen MR) is 60.9 cm³/mol. The lowest BCUT2D eigenvalue weighted by Crippen LogP contribution is -2.28. The Bertz CT molecular complexity index is 235. The van der Waals surface area contributed by atoms with Gasteiger partial charge >= 0.3 is 5.97 Å². The molecule has 1 saturated carbocycles. The number of aliphatic hydroxyl groups excluding tert-OH is 2. The molecular formula is C9H15IO5. The molecule has 1 aliphatic rings. The third-order valence-electron chi connectivity index (χ3n) is 2.85. The quantitative estimate of drug-likeness (QED) is 0.494. The minimum Gasteiger partial charge on any atom is -0.481 e. The third kappa shape index (κ3) is 2.80. The lowest BCUT2D eigenvalue weighted by atomic mass is 9.91. The molecule has 0 heterocycles. The zero-order chi connectivity index (χ0) is 11.6. The lowest BCUT2D eigenvalue weighted by Gasteiger charge is -2.20. The maximum atomic E-state index is 10.6. The molecule has 1 rings (SSSR count). The molecule has 0 aromatic rings. The second-order valence-electron chi connectivity index (χ2n) is 3.81. The Morgan fingerprint density at radius 1 is 1.33 bits per heavy atom. The summed E-state index contributed by atoms with van der Waals surface area (Å²) in [5, 5.41) is 28.3. The Labute approximate surface area is 102 Å². The van der Waals surface area contributed by atoms with Crippen molar-refractivity contribution in [1.29, 1.82) is 0 Å². The topological polar surface area (TPSA) is 87.0 Å². The molecule has 0 amide bonds. The highest BCUT2D eigenvalue weighted by Crippen LogP contribution is 2.39. The van der Waals surface area contributed by atoms with Gasteiger partial charge in [-0.05, 0) is 0 Å². The summed E-state index contributed by atoms with van der Waals surface area (Å²) in [4.78, 5) is 10.6. The van der Waals surface area contributed by atoms with E-state index in [1.165, 1.54) is 7.11 Å². The van der Waals surface area contributed by atoms with E-state index in [0.717, 1.165) is 0 Å². The minimum atomic E-state index is -0.960. The molecule has 15 heavy (non-hydrogen) atoms. The average Bonchev–Trinajstić information content (AvgIpc) is 2.35. The van der Waals surface area contributed by atoms with Crippen LogP contribution in [-0.4, -0.2) is 51.1 Å². The minimum absolute atomic E-state index is 0.133. The van der Waals surface area contributed by atoms with Gasteiger partial charge in [-0.25, -0.2) is 0 Å². The molecule has 1 aliphatic carbocycles. The van der Waals surface area contributed by atoms with E-state index in [9.17, 15) is 15.0 Å². The van der Waals surface area contributed by atoms with Crippen LogP contribution in [0, 0.1) is 11.8 Å². The van der Waals surface area contributed by atoms with Crippen molar-refractivity contribution in [2.75, 3.05) is 13.7 Å². The molecular weight excluding hydrogens is 315 g/mol. The SMILES string of the molecule is COC[C@@H]1[C@@H](CC(=O)O)[C@@H](O)C(I)[C@H]1O. The largest absolute Gasteiger partial charge is 0.481 e. The third-order valence-corrected chi connectivity index (χ3v) is 4.32. The van der Waals surface area contributed by atoms with Gasteiger partial charge in [0.1, 0.15) is 0 Å². The van der Waals surface area contributed by atoms with Gasteiger partial charge in [-0.3, -0.25) is 4.79 Å². The molecule has 1 fully saturated rings. The van der Waals surface area contributed by atoms with Gasteiger partial charge in [-0.1, -0.05) is 22.6 Å². The number of hydrogen-bond donors (Lipinski definition) is 3. The van der Waals surface area contributed by atoms with Crippen LogP contribution in [0.3, 0.4) is 0 Å². The second kappa shape index (κ2) is 5.42. The molecule has 0 radical (unpaired) electrons. The second-order valence-corrected chi connectivity index (χ2v) is 5.24. The van der Waals surface area contributed by atoms with Gasteiger partial charge in [0.2, 0.25) is 0 Å². The van der Waals surface area contributed by atoms with Gasteiger partial charge in [0.05, 0.1) is 29.2 Å². The Hall–Kier alpha value is 0.0800. The van der Waals surface area contributed by atoms with Crippen LogP contribution in [0.5, 0.6) is 0 Å². The Kier molecular flexibility index (Phi) is 4.75. The summed E-state index contributed by atoms with van der Waals surface area (Å²) in [7, 11) is 1.50. The zero-order valence-electron chi connectivity index (χ0n) is 8.34. The number of methoxy groups -OCH3 is 1. The van der Waals surface area contributed by atoms with E-state index in [0.29, 0.717) is 0 Å². The van der Waals surface area contributed by atoms with Crippen molar-refractivity contribution in [3.8, 4) is 0 Å². The number of carbonyl (C=O) groups is 1. The van der Waals surface area contributed by atoms with E-state index >= 15 is 0 Å². The molecule has 5 atom stereocenters. The highest BCUT2D eigenvalue weighted by Gasteiger charge is 2.48. The summed E-state index contributed by atoms with van der Waals surface area (Å²) in [6, 6.07) is 0. The zero-order valence-corrected chi connectivity index (χ0v) is 10.5. The summed E-state index contributed by atoms with van der Waals surface area (Å²) >= 11 is 1.95. The number of carboxylic acids is 1. The smallest absolute Gasteiger partial charge is 0.303 e. The monoisotopic (exact) mass is 330 g/mol. The van der Waals surface area contributed by atoms with Crippen LogP contribution in [0.2, 0.25) is 0 Å². The maximum Gasteiger partial charge on any atom is 0.303 e. The molecule has 0 bridgehead atoms. The van der Waals surface area contributed by atoms with Crippen molar-refractivity contribution in [2.45, 2.75) is 22.6 Å². The Morgan fingerprint density at radius 3 is 2.33 bits per heavy atom. The van der Waals surface area contributed by atoms with Crippen LogP contribution in [0.4, 0.5) is 0 Å². The van der Waals surface area contributed by atoms with E-state index in [1.54, 1.807) is 0 Å². The van der Waals surface area contributed by atoms with Crippen molar-refractivity contribution in [3.63, 3.8) is 0 Å². The first-order chi connectivity index (χ1) is 6.99. The van der Waals surface area contributed by atoms with Gasteiger partial charge in [0.25, 0.3) is 0 Å². The molecule has 0 aliphatic heterocycles. The van der Waals surface area contributed by atoms with Crippen LogP contribution in [0.15, 0.2) is 0 Å². The number of halogens is 1. The molecule has 5 nitrogen and oxygen atoms in total. The molecule has 0 saturated heterocycles. The first-order valence-electron chi connectivity index (χ1n) is 4.70. The van der Waals surface area contributed by atoms with E-state index in [-0.39, 0.29) is 22.9 Å². The van der Waals surface area contributed by atoms with Gasteiger partial charge in [-0.2, -0.15) is 0 Å². The summed E-state index contributed by atoms with van der Waals surface area (Å²) in [5.41, 5.74) is 0. The number of carboxylic acid groups (broad SMARTS) is 1. The van der Waals surface area contributed by atoms with Crippen molar-refractivity contribution >= 4 is 28.6 Å². The predicted octanol–water partition coefficient (Wildman–Crippen LogP) is -0.121. The van der Waals surface area contributed by atoms with E-state index in [1.807, 2.05) is 22.6 Å². The van der Waals surface area contributed by atoms with Crippen molar-refractivity contribution < 1.29 is 24.9 Å². The van der Waals surface area contributed by atoms with Gasteiger partial charge < -0.3 is 20.1 Å². The van der Waals surface area contributed by atoms with Crippen LogP contribution in [0.1, 0.15) is 6.42 Å². The van der Waals surface area contributed by atoms with Gasteiger partial charge in [-0.15, -0.1) is 0 Å². The van der Waals surface area contributed by atoms with Crippen LogP contribution < -0.4 is 0 Å². The molecule has 1 unspecified atom stereocenters. The van der Waals surface area contributed by atoms with E-state index in [2.05, 4.69) is 0 Å². The summed E-state index contributed by atoms with van der Waals surface area (Å²) in [6.45, 7) is 0.273. The van der Waals surface area contributed by atoms with Crippen LogP contribution >= 0.6 is 22.6 Å². The molecule has 0 spiro atoms. The maximum absolute atomic E-state index is 10.6. The first kappa shape index (κ1) is 13.1. The fraction of sp³-hybridized carbons (Fsp3) is 0.889. The number of rotatable bonds is 4. The van der Waals surface area contributed by atoms with E-state index in [4.69, 9.17) is 9.84 Å². The van der Waals surface area contributed by atoms with Gasteiger partial charge in [0, 0.05) is 18.9 Å². The molecule has 0 aromatic heterocycles. The van der Waals surface area contributed by atoms with Crippen LogP contribution in [-0.2, 0) is 9.53 Å². The fourth-order valence-corrected chi connectivity index (χ4v) is 3.14. The average molecular weight is 330 g/mol. The van der Waals surface area contributed by atoms with E-state index < -0.39 is 24.1 Å². The van der Waals surface area contributed by atoms with Gasteiger partial charge in [0.15, 0.2) is 0 Å². The number of alkyl halides is 1. The molecule has 6 heteroatoms. The van der Waals surface area contributed by atoms with Crippen LogP contribution in [0.25, 0.3) is 0 Å². The van der Waals surface area contributed by atoms with Crippen molar-refractivity contribution in [1.82, 2.24) is 0 Å². The normalized spacial score (nSPS) is 40.7. The standard InChI is InChI=1S/C9H15IO5/c1-15-3-5-4(2-6(11)12)8(13)7(10)9(5)14/h4-5,7-9,13-14H,2-3H2,1H3,(H,11,12)/t4-,5-,7?,8-,9+/m1/s1. The highest BCUT2D eigenvalue weighted by molar-refractivity contribution is 14.1. The summed E-state index contributed by atoms with van der Waals surface area (Å²) < 4.78 is 4.61. The summed E-state index contributed by atoms with van der Waals surface area (Å²) in [6.07, 6.45) is -1.62. The molecule has 0 aromatic carbocycles. The fourth-order valence-electron chi connectivity index (χ4n) is 2.07. The van der Waals surface area contributed by atoms with Crippen molar-refractivity contribution in [3.05, 3.63) is 0 Å². The lowest BCUT2D eigenvalue weighted by molar-refractivity contribution is -0.139. The van der Waals surface area contributed by atoms with Crippen molar-refractivity contribution in [2.24, 2.45) is 11.8 Å². The Balaban J connectivity index is 2.75. The summed E-state index contributed by atoms with van der Waals surface area (Å²) in [5.74, 6) is -1.69. The Morgan fingerprint density at radius 2 is 1.87 bits per heavy atom.